The lowest BCUT2D eigenvalue weighted by Gasteiger charge is -2.11. The SMILES string of the molecule is Cc1cccc2sc(Nc3ncnc(NCc4cccnc4)c3N)nc12. The molecule has 0 saturated heterocycles. The predicted octanol–water partition coefficient (Wildman–Crippen LogP) is 3.73. The molecule has 0 radical (unpaired) electrons. The predicted molar refractivity (Wildman–Crippen MR) is 106 cm³/mol. The van der Waals surface area contributed by atoms with Crippen LogP contribution in [-0.4, -0.2) is 19.9 Å². The van der Waals surface area contributed by atoms with Gasteiger partial charge in [0, 0.05) is 18.9 Å². The highest BCUT2D eigenvalue weighted by Crippen LogP contribution is 2.32. The Balaban J connectivity index is 1.55. The molecule has 0 atom stereocenters. The van der Waals surface area contributed by atoms with Gasteiger partial charge in [0.1, 0.15) is 12.0 Å². The number of nitrogens with two attached hydrogens (primary N) is 1. The van der Waals surface area contributed by atoms with Gasteiger partial charge in [-0.1, -0.05) is 29.5 Å². The zero-order chi connectivity index (χ0) is 17.9. The van der Waals surface area contributed by atoms with Crippen LogP contribution in [0.2, 0.25) is 0 Å². The monoisotopic (exact) mass is 363 g/mol. The zero-order valence-electron chi connectivity index (χ0n) is 14.1. The molecule has 4 N–H and O–H groups in total. The Kier molecular flexibility index (Phi) is 4.32. The molecule has 0 aliphatic rings. The largest absolute Gasteiger partial charge is 0.393 e. The van der Waals surface area contributed by atoms with Crippen molar-refractivity contribution in [1.29, 1.82) is 0 Å². The molecule has 8 heteroatoms. The normalized spacial score (nSPS) is 10.8. The lowest BCUT2D eigenvalue weighted by Crippen LogP contribution is -2.08. The first kappa shape index (κ1) is 16.2. The smallest absolute Gasteiger partial charge is 0.189 e. The van der Waals surface area contributed by atoms with Crippen molar-refractivity contribution in [3.8, 4) is 0 Å². The third kappa shape index (κ3) is 3.27. The summed E-state index contributed by atoms with van der Waals surface area (Å²) in [5, 5.41) is 7.17. The number of nitrogen functional groups attached to an aromatic ring is 1. The van der Waals surface area contributed by atoms with E-state index in [1.165, 1.54) is 6.33 Å². The fraction of sp³-hybridized carbons (Fsp3) is 0.111. The number of aryl methyl sites for hydroxylation is 1. The number of aromatic nitrogens is 4. The standard InChI is InChI=1S/C18H17N7S/c1-11-4-2-6-13-15(11)24-18(26-13)25-17-14(19)16(22-10-23-17)21-9-12-5-3-7-20-8-12/h2-8,10H,9,19H2,1H3,(H2,21,22,23,24,25). The first-order valence-electron chi connectivity index (χ1n) is 8.07. The number of benzene rings is 1. The summed E-state index contributed by atoms with van der Waals surface area (Å²) in [4.78, 5) is 17.2. The number of hydrogen-bond acceptors (Lipinski definition) is 8. The fourth-order valence-corrected chi connectivity index (χ4v) is 3.51. The molecule has 0 amide bonds. The number of hydrogen-bond donors (Lipinski definition) is 3. The van der Waals surface area contributed by atoms with E-state index in [9.17, 15) is 0 Å². The molecule has 0 saturated carbocycles. The molecule has 130 valence electrons. The van der Waals surface area contributed by atoms with Crippen LogP contribution in [0.3, 0.4) is 0 Å². The molecule has 7 nitrogen and oxygen atoms in total. The molecule has 3 heterocycles. The molecule has 3 aromatic heterocycles. The van der Waals surface area contributed by atoms with Crippen molar-refractivity contribution in [2.75, 3.05) is 16.4 Å². The molecule has 0 bridgehead atoms. The molecule has 0 aliphatic heterocycles. The number of thiazole rings is 1. The van der Waals surface area contributed by atoms with E-state index in [0.29, 0.717) is 23.9 Å². The van der Waals surface area contributed by atoms with Gasteiger partial charge < -0.3 is 16.4 Å². The number of rotatable bonds is 5. The van der Waals surface area contributed by atoms with Gasteiger partial charge in [-0.15, -0.1) is 0 Å². The van der Waals surface area contributed by atoms with E-state index in [1.54, 1.807) is 23.7 Å². The summed E-state index contributed by atoms with van der Waals surface area (Å²) in [6.45, 7) is 2.63. The van der Waals surface area contributed by atoms with Crippen LogP contribution >= 0.6 is 11.3 Å². The second-order valence-corrected chi connectivity index (χ2v) is 6.80. The molecule has 0 aliphatic carbocycles. The third-order valence-electron chi connectivity index (χ3n) is 3.91. The number of fused-ring (bicyclic) bond motifs is 1. The number of nitrogens with one attached hydrogen (secondary N) is 2. The molecular weight excluding hydrogens is 346 g/mol. The van der Waals surface area contributed by atoms with Gasteiger partial charge in [0.15, 0.2) is 16.8 Å². The second kappa shape index (κ2) is 6.93. The maximum atomic E-state index is 6.23. The topological polar surface area (TPSA) is 102 Å². The van der Waals surface area contributed by atoms with Crippen molar-refractivity contribution < 1.29 is 0 Å². The second-order valence-electron chi connectivity index (χ2n) is 5.77. The van der Waals surface area contributed by atoms with E-state index in [4.69, 9.17) is 5.73 Å². The van der Waals surface area contributed by atoms with Gasteiger partial charge in [0.05, 0.1) is 10.2 Å². The van der Waals surface area contributed by atoms with Crippen LogP contribution in [0.15, 0.2) is 49.1 Å². The summed E-state index contributed by atoms with van der Waals surface area (Å²) in [6, 6.07) is 10.0. The average Bonchev–Trinajstić information content (AvgIpc) is 3.07. The van der Waals surface area contributed by atoms with Crippen molar-refractivity contribution in [1.82, 2.24) is 19.9 Å². The number of para-hydroxylation sites is 1. The Hall–Kier alpha value is -3.26. The molecule has 0 spiro atoms. The molecule has 26 heavy (non-hydrogen) atoms. The van der Waals surface area contributed by atoms with Crippen LogP contribution in [0.5, 0.6) is 0 Å². The number of pyridine rings is 1. The van der Waals surface area contributed by atoms with E-state index in [-0.39, 0.29) is 0 Å². The first-order chi connectivity index (χ1) is 12.7. The summed E-state index contributed by atoms with van der Waals surface area (Å²) >= 11 is 1.56. The maximum absolute atomic E-state index is 6.23. The molecule has 4 aromatic rings. The number of anilines is 4. The minimum absolute atomic E-state index is 0.451. The molecule has 1 aromatic carbocycles. The van der Waals surface area contributed by atoms with Crippen molar-refractivity contribution in [3.63, 3.8) is 0 Å². The van der Waals surface area contributed by atoms with Crippen molar-refractivity contribution in [2.45, 2.75) is 13.5 Å². The van der Waals surface area contributed by atoms with Gasteiger partial charge in [0.25, 0.3) is 0 Å². The van der Waals surface area contributed by atoms with E-state index in [2.05, 4.69) is 36.6 Å². The molecule has 0 fully saturated rings. The van der Waals surface area contributed by atoms with Crippen LogP contribution in [0, 0.1) is 6.92 Å². The lowest BCUT2D eigenvalue weighted by molar-refractivity contribution is 1.07. The fourth-order valence-electron chi connectivity index (χ4n) is 2.57. The van der Waals surface area contributed by atoms with E-state index >= 15 is 0 Å². The van der Waals surface area contributed by atoms with E-state index < -0.39 is 0 Å². The number of nitrogens with zero attached hydrogens (tertiary/aromatic N) is 4. The highest BCUT2D eigenvalue weighted by atomic mass is 32.1. The zero-order valence-corrected chi connectivity index (χ0v) is 14.9. The van der Waals surface area contributed by atoms with Gasteiger partial charge >= 0.3 is 0 Å². The van der Waals surface area contributed by atoms with Gasteiger partial charge in [0.2, 0.25) is 0 Å². The van der Waals surface area contributed by atoms with Crippen molar-refractivity contribution in [2.24, 2.45) is 0 Å². The summed E-state index contributed by atoms with van der Waals surface area (Å²) in [6.07, 6.45) is 5.01. The maximum Gasteiger partial charge on any atom is 0.189 e. The van der Waals surface area contributed by atoms with Crippen molar-refractivity contribution >= 4 is 44.0 Å². The molecular formula is C18H17N7S. The van der Waals surface area contributed by atoms with Gasteiger partial charge in [-0.25, -0.2) is 15.0 Å². The lowest BCUT2D eigenvalue weighted by atomic mass is 10.2. The molecule has 4 rings (SSSR count). The quantitative estimate of drug-likeness (QED) is 0.496. The summed E-state index contributed by atoms with van der Waals surface area (Å²) in [7, 11) is 0. The van der Waals surface area contributed by atoms with Gasteiger partial charge in [-0.2, -0.15) is 0 Å². The van der Waals surface area contributed by atoms with Gasteiger partial charge in [-0.05, 0) is 30.2 Å². The minimum Gasteiger partial charge on any atom is -0.393 e. The first-order valence-corrected chi connectivity index (χ1v) is 8.89. The minimum atomic E-state index is 0.451. The summed E-state index contributed by atoms with van der Waals surface area (Å²) < 4.78 is 1.12. The Morgan fingerprint density at radius 2 is 2.00 bits per heavy atom. The van der Waals surface area contributed by atoms with Crippen LogP contribution < -0.4 is 16.4 Å². The summed E-state index contributed by atoms with van der Waals surface area (Å²) in [5.41, 5.74) is 9.85. The Bertz CT molecular complexity index is 1050. The summed E-state index contributed by atoms with van der Waals surface area (Å²) in [5.74, 6) is 1.11. The highest BCUT2D eigenvalue weighted by Gasteiger charge is 2.11. The van der Waals surface area contributed by atoms with Crippen LogP contribution in [-0.2, 0) is 6.54 Å². The highest BCUT2D eigenvalue weighted by molar-refractivity contribution is 7.22. The molecule has 0 unspecified atom stereocenters. The third-order valence-corrected chi connectivity index (χ3v) is 4.85. The van der Waals surface area contributed by atoms with Crippen LogP contribution in [0.1, 0.15) is 11.1 Å². The van der Waals surface area contributed by atoms with Crippen LogP contribution in [0.4, 0.5) is 22.5 Å². The Labute approximate surface area is 154 Å². The van der Waals surface area contributed by atoms with Crippen LogP contribution in [0.25, 0.3) is 10.2 Å². The van der Waals surface area contributed by atoms with E-state index in [0.717, 1.165) is 26.5 Å². The Morgan fingerprint density at radius 1 is 1.12 bits per heavy atom. The van der Waals surface area contributed by atoms with Crippen molar-refractivity contribution in [3.05, 3.63) is 60.2 Å². The van der Waals surface area contributed by atoms with Gasteiger partial charge in [-0.3, -0.25) is 4.98 Å². The Morgan fingerprint density at radius 3 is 2.81 bits per heavy atom. The van der Waals surface area contributed by atoms with E-state index in [1.807, 2.05) is 31.2 Å². The average molecular weight is 363 g/mol.